The number of ether oxygens (including phenoxy) is 1. The minimum absolute atomic E-state index is 0.193. The molecule has 3 heteroatoms. The normalized spacial score (nSPS) is 12.8. The molecule has 0 aliphatic heterocycles. The Morgan fingerprint density at radius 2 is 1.61 bits per heavy atom. The van der Waals surface area contributed by atoms with Crippen molar-refractivity contribution in [1.82, 2.24) is 5.32 Å². The number of hydrogen-bond donors (Lipinski definition) is 2. The van der Waals surface area contributed by atoms with Crippen LogP contribution in [-0.2, 0) is 4.74 Å². The fourth-order valence-electron chi connectivity index (χ4n) is 2.06. The molecular weight excluding hydrogens is 226 g/mol. The van der Waals surface area contributed by atoms with Gasteiger partial charge in [0, 0.05) is 20.2 Å². The van der Waals surface area contributed by atoms with E-state index >= 15 is 0 Å². The van der Waals surface area contributed by atoms with Gasteiger partial charge in [0.1, 0.15) is 0 Å². The summed E-state index contributed by atoms with van der Waals surface area (Å²) in [6.07, 6.45) is 11.3. The molecule has 110 valence electrons. The zero-order valence-corrected chi connectivity index (χ0v) is 12.4. The molecule has 1 atom stereocenters. The predicted molar refractivity (Wildman–Crippen MR) is 78.0 cm³/mol. The third-order valence-electron chi connectivity index (χ3n) is 3.25. The maximum atomic E-state index is 9.72. The van der Waals surface area contributed by atoms with E-state index in [0.29, 0.717) is 13.2 Å². The van der Waals surface area contributed by atoms with Crippen LogP contribution in [-0.4, -0.2) is 38.0 Å². The van der Waals surface area contributed by atoms with Crippen LogP contribution in [0, 0.1) is 0 Å². The first-order valence-corrected chi connectivity index (χ1v) is 7.69. The molecule has 0 aromatic heterocycles. The third-order valence-corrected chi connectivity index (χ3v) is 3.25. The molecule has 1 unspecified atom stereocenters. The largest absolute Gasteiger partial charge is 0.392 e. The molecule has 3 nitrogen and oxygen atoms in total. The zero-order valence-electron chi connectivity index (χ0n) is 12.4. The minimum atomic E-state index is -0.193. The van der Waals surface area contributed by atoms with E-state index in [1.54, 1.807) is 7.11 Å². The molecule has 0 rings (SSSR count). The van der Waals surface area contributed by atoms with Gasteiger partial charge in [-0.15, -0.1) is 0 Å². The van der Waals surface area contributed by atoms with Crippen LogP contribution in [0.15, 0.2) is 0 Å². The van der Waals surface area contributed by atoms with Gasteiger partial charge in [-0.25, -0.2) is 0 Å². The molecule has 0 bridgehead atoms. The molecule has 0 spiro atoms. The van der Waals surface area contributed by atoms with Gasteiger partial charge in [0.25, 0.3) is 0 Å². The van der Waals surface area contributed by atoms with Gasteiger partial charge in [-0.05, 0) is 6.42 Å². The Labute approximate surface area is 113 Å². The monoisotopic (exact) mass is 259 g/mol. The summed E-state index contributed by atoms with van der Waals surface area (Å²) < 4.78 is 4.93. The number of aliphatic hydroxyl groups excluding tert-OH is 1. The van der Waals surface area contributed by atoms with Crippen LogP contribution in [0.1, 0.15) is 64.7 Å². The van der Waals surface area contributed by atoms with Gasteiger partial charge >= 0.3 is 0 Å². The number of methoxy groups -OCH3 is 1. The summed E-state index contributed by atoms with van der Waals surface area (Å²) in [4.78, 5) is 0. The second kappa shape index (κ2) is 14.9. The van der Waals surface area contributed by atoms with Crippen molar-refractivity contribution in [1.29, 1.82) is 0 Å². The number of aliphatic hydroxyl groups is 1. The van der Waals surface area contributed by atoms with Crippen LogP contribution in [0.2, 0.25) is 0 Å². The lowest BCUT2D eigenvalue weighted by atomic mass is 10.1. The average Bonchev–Trinajstić information content (AvgIpc) is 2.38. The maximum Gasteiger partial charge on any atom is 0.0664 e. The summed E-state index contributed by atoms with van der Waals surface area (Å²) in [5, 5.41) is 12.9. The van der Waals surface area contributed by atoms with E-state index in [0.717, 1.165) is 19.4 Å². The predicted octanol–water partition coefficient (Wildman–Crippen LogP) is 3.11. The molecular formula is C15H33NO2. The standard InChI is InChI=1S/C15H33NO2/c1-3-4-5-6-7-8-9-10-11-15(17)14-16-12-13-18-2/h15-17H,3-14H2,1-2H3. The molecule has 0 aromatic carbocycles. The zero-order chi connectivity index (χ0) is 13.5. The van der Waals surface area contributed by atoms with E-state index in [1.165, 1.54) is 44.9 Å². The average molecular weight is 259 g/mol. The van der Waals surface area contributed by atoms with Crippen molar-refractivity contribution in [2.45, 2.75) is 70.8 Å². The molecule has 0 saturated carbocycles. The van der Waals surface area contributed by atoms with E-state index in [-0.39, 0.29) is 6.10 Å². The highest BCUT2D eigenvalue weighted by atomic mass is 16.5. The second-order valence-electron chi connectivity index (χ2n) is 5.11. The number of rotatable bonds is 14. The van der Waals surface area contributed by atoms with Crippen molar-refractivity contribution in [3.63, 3.8) is 0 Å². The van der Waals surface area contributed by atoms with Crippen LogP contribution in [0.5, 0.6) is 0 Å². The van der Waals surface area contributed by atoms with Gasteiger partial charge in [0.15, 0.2) is 0 Å². The number of unbranched alkanes of at least 4 members (excludes halogenated alkanes) is 7. The van der Waals surface area contributed by atoms with E-state index in [4.69, 9.17) is 4.74 Å². The van der Waals surface area contributed by atoms with E-state index in [9.17, 15) is 5.11 Å². The Morgan fingerprint density at radius 3 is 2.22 bits per heavy atom. The Morgan fingerprint density at radius 1 is 1.00 bits per heavy atom. The van der Waals surface area contributed by atoms with Crippen molar-refractivity contribution in [3.8, 4) is 0 Å². The minimum Gasteiger partial charge on any atom is -0.392 e. The molecule has 0 amide bonds. The maximum absolute atomic E-state index is 9.72. The third kappa shape index (κ3) is 13.9. The molecule has 0 radical (unpaired) electrons. The quantitative estimate of drug-likeness (QED) is 0.471. The molecule has 0 heterocycles. The molecule has 18 heavy (non-hydrogen) atoms. The van der Waals surface area contributed by atoms with E-state index in [1.807, 2.05) is 0 Å². The van der Waals surface area contributed by atoms with Crippen molar-refractivity contribution in [2.75, 3.05) is 26.8 Å². The van der Waals surface area contributed by atoms with Crippen LogP contribution >= 0.6 is 0 Å². The molecule has 0 aliphatic carbocycles. The van der Waals surface area contributed by atoms with Gasteiger partial charge in [-0.3, -0.25) is 0 Å². The lowest BCUT2D eigenvalue weighted by Crippen LogP contribution is -2.29. The summed E-state index contributed by atoms with van der Waals surface area (Å²) in [6, 6.07) is 0. The molecule has 0 fully saturated rings. The van der Waals surface area contributed by atoms with Gasteiger partial charge in [0.2, 0.25) is 0 Å². The first-order valence-electron chi connectivity index (χ1n) is 7.69. The molecule has 0 aliphatic rings. The summed E-state index contributed by atoms with van der Waals surface area (Å²) in [7, 11) is 1.69. The van der Waals surface area contributed by atoms with Crippen LogP contribution in [0.25, 0.3) is 0 Å². The Bertz CT molecular complexity index is 153. The lowest BCUT2D eigenvalue weighted by Gasteiger charge is -2.11. The van der Waals surface area contributed by atoms with Gasteiger partial charge in [-0.1, -0.05) is 58.3 Å². The van der Waals surface area contributed by atoms with Crippen LogP contribution in [0.4, 0.5) is 0 Å². The SMILES string of the molecule is CCCCCCCCCCC(O)CNCCOC. The summed E-state index contributed by atoms with van der Waals surface area (Å²) >= 11 is 0. The van der Waals surface area contributed by atoms with Crippen molar-refractivity contribution in [3.05, 3.63) is 0 Å². The summed E-state index contributed by atoms with van der Waals surface area (Å²) in [5.74, 6) is 0. The highest BCUT2D eigenvalue weighted by Gasteiger charge is 2.02. The van der Waals surface area contributed by atoms with E-state index < -0.39 is 0 Å². The van der Waals surface area contributed by atoms with E-state index in [2.05, 4.69) is 12.2 Å². The Hall–Kier alpha value is -0.120. The summed E-state index contributed by atoms with van der Waals surface area (Å²) in [6.45, 7) is 4.48. The fourth-order valence-corrected chi connectivity index (χ4v) is 2.06. The fraction of sp³-hybridized carbons (Fsp3) is 1.00. The van der Waals surface area contributed by atoms with Gasteiger partial charge < -0.3 is 15.2 Å². The molecule has 0 aromatic rings. The van der Waals surface area contributed by atoms with Gasteiger partial charge in [-0.2, -0.15) is 0 Å². The molecule has 2 N–H and O–H groups in total. The van der Waals surface area contributed by atoms with Crippen molar-refractivity contribution in [2.24, 2.45) is 0 Å². The number of hydrogen-bond acceptors (Lipinski definition) is 3. The topological polar surface area (TPSA) is 41.5 Å². The first kappa shape index (κ1) is 17.9. The highest BCUT2D eigenvalue weighted by Crippen LogP contribution is 2.10. The highest BCUT2D eigenvalue weighted by molar-refractivity contribution is 4.59. The Kier molecular flexibility index (Phi) is 14.8. The van der Waals surface area contributed by atoms with Crippen molar-refractivity contribution >= 4 is 0 Å². The second-order valence-corrected chi connectivity index (χ2v) is 5.11. The van der Waals surface area contributed by atoms with Crippen molar-refractivity contribution < 1.29 is 9.84 Å². The Balaban J connectivity index is 3.08. The lowest BCUT2D eigenvalue weighted by molar-refractivity contribution is 0.149. The number of nitrogens with one attached hydrogen (secondary N) is 1. The van der Waals surface area contributed by atoms with Crippen LogP contribution in [0.3, 0.4) is 0 Å². The smallest absolute Gasteiger partial charge is 0.0664 e. The van der Waals surface area contributed by atoms with Crippen LogP contribution < -0.4 is 5.32 Å². The first-order chi connectivity index (χ1) is 8.81. The molecule has 0 saturated heterocycles. The van der Waals surface area contributed by atoms with Gasteiger partial charge in [0.05, 0.1) is 12.7 Å². The summed E-state index contributed by atoms with van der Waals surface area (Å²) in [5.41, 5.74) is 0.